The van der Waals surface area contributed by atoms with E-state index in [0.717, 1.165) is 32.1 Å². The third-order valence-corrected chi connectivity index (χ3v) is 5.54. The van der Waals surface area contributed by atoms with Crippen molar-refractivity contribution in [3.63, 3.8) is 0 Å². The second-order valence-corrected chi connectivity index (χ2v) is 7.23. The van der Waals surface area contributed by atoms with Crippen molar-refractivity contribution in [2.75, 3.05) is 26.2 Å². The van der Waals surface area contributed by atoms with Gasteiger partial charge in [0.25, 0.3) is 5.91 Å². The number of carbonyl (C=O) groups excluding carboxylic acids is 2. The first-order chi connectivity index (χ1) is 12.5. The van der Waals surface area contributed by atoms with Crippen LogP contribution >= 0.6 is 0 Å². The third-order valence-electron chi connectivity index (χ3n) is 5.54. The van der Waals surface area contributed by atoms with Crippen LogP contribution in [0.2, 0.25) is 0 Å². The minimum absolute atomic E-state index is 0.0979. The number of nitrogens with zero attached hydrogens (tertiary/aromatic N) is 3. The molecule has 2 heterocycles. The summed E-state index contributed by atoms with van der Waals surface area (Å²) in [6, 6.07) is 5.38. The summed E-state index contributed by atoms with van der Waals surface area (Å²) in [6.07, 6.45) is 6.04. The molecule has 1 N–H and O–H groups in total. The molecule has 1 aromatic rings. The molecule has 0 spiro atoms. The van der Waals surface area contributed by atoms with Gasteiger partial charge in [-0.25, -0.2) is 0 Å². The largest absolute Gasteiger partial charge is 0.459 e. The molecule has 2 amide bonds. The van der Waals surface area contributed by atoms with Gasteiger partial charge in [-0.05, 0) is 31.9 Å². The highest BCUT2D eigenvalue weighted by Crippen LogP contribution is 2.27. The molecule has 1 saturated heterocycles. The summed E-state index contributed by atoms with van der Waals surface area (Å²) in [5.74, 6) is 0.133. The summed E-state index contributed by atoms with van der Waals surface area (Å²) in [5.41, 5.74) is -0.708. The zero-order valence-electron chi connectivity index (χ0n) is 15.2. The van der Waals surface area contributed by atoms with Gasteiger partial charge in [0, 0.05) is 26.2 Å². The van der Waals surface area contributed by atoms with Gasteiger partial charge in [0.1, 0.15) is 5.54 Å². The molecule has 1 saturated carbocycles. The predicted octanol–water partition coefficient (Wildman–Crippen LogP) is 1.77. The number of amides is 2. The highest BCUT2D eigenvalue weighted by atomic mass is 16.3. The molecule has 1 aliphatic carbocycles. The maximum absolute atomic E-state index is 12.7. The first-order valence-electron chi connectivity index (χ1n) is 9.35. The number of nitrogens with one attached hydrogen (secondary N) is 1. The number of hydrogen-bond acceptors (Lipinski definition) is 5. The van der Waals surface area contributed by atoms with Crippen molar-refractivity contribution in [1.29, 1.82) is 5.26 Å². The Morgan fingerprint density at radius 2 is 1.92 bits per heavy atom. The fourth-order valence-corrected chi connectivity index (χ4v) is 3.79. The van der Waals surface area contributed by atoms with E-state index in [2.05, 4.69) is 16.3 Å². The average Bonchev–Trinajstić information content (AvgIpc) is 3.22. The molecule has 1 aromatic heterocycles. The van der Waals surface area contributed by atoms with Crippen LogP contribution in [0.1, 0.15) is 49.6 Å². The van der Waals surface area contributed by atoms with Crippen LogP contribution in [0.25, 0.3) is 0 Å². The summed E-state index contributed by atoms with van der Waals surface area (Å²) in [5, 5.41) is 12.5. The van der Waals surface area contributed by atoms with E-state index in [4.69, 9.17) is 4.42 Å². The number of nitriles is 1. The average molecular weight is 358 g/mol. The number of furan rings is 1. The van der Waals surface area contributed by atoms with Crippen LogP contribution < -0.4 is 5.32 Å². The first-order valence-corrected chi connectivity index (χ1v) is 9.35. The van der Waals surface area contributed by atoms with E-state index in [0.29, 0.717) is 31.9 Å². The van der Waals surface area contributed by atoms with Crippen molar-refractivity contribution in [2.45, 2.75) is 50.6 Å². The lowest BCUT2D eigenvalue weighted by Gasteiger charge is -2.39. The zero-order valence-corrected chi connectivity index (χ0v) is 15.2. The quantitative estimate of drug-likeness (QED) is 0.886. The molecule has 26 heavy (non-hydrogen) atoms. The Morgan fingerprint density at radius 1 is 1.23 bits per heavy atom. The van der Waals surface area contributed by atoms with Crippen molar-refractivity contribution in [3.8, 4) is 6.07 Å². The Bertz CT molecular complexity index is 665. The summed E-state index contributed by atoms with van der Waals surface area (Å²) in [7, 11) is 0. The van der Waals surface area contributed by atoms with Crippen molar-refractivity contribution in [1.82, 2.24) is 15.1 Å². The molecule has 2 aliphatic rings. The maximum atomic E-state index is 12.7. The van der Waals surface area contributed by atoms with Gasteiger partial charge in [0.2, 0.25) is 5.91 Å². The lowest BCUT2D eigenvalue weighted by Crippen LogP contribution is -2.58. The van der Waals surface area contributed by atoms with Gasteiger partial charge in [-0.2, -0.15) is 5.26 Å². The summed E-state index contributed by atoms with van der Waals surface area (Å²) in [6.45, 7) is 4.23. The minimum Gasteiger partial charge on any atom is -0.459 e. The fourth-order valence-electron chi connectivity index (χ4n) is 3.79. The van der Waals surface area contributed by atoms with Crippen LogP contribution in [0.3, 0.4) is 0 Å². The van der Waals surface area contributed by atoms with Gasteiger partial charge in [-0.15, -0.1) is 0 Å². The molecule has 0 bridgehead atoms. The van der Waals surface area contributed by atoms with Crippen LogP contribution in [0.15, 0.2) is 22.8 Å². The molecule has 1 aliphatic heterocycles. The lowest BCUT2D eigenvalue weighted by molar-refractivity contribution is -0.128. The lowest BCUT2D eigenvalue weighted by atomic mass is 9.82. The van der Waals surface area contributed by atoms with Gasteiger partial charge < -0.3 is 14.6 Å². The van der Waals surface area contributed by atoms with E-state index < -0.39 is 5.54 Å². The minimum atomic E-state index is -0.708. The van der Waals surface area contributed by atoms with Crippen LogP contribution in [-0.4, -0.2) is 59.4 Å². The Balaban J connectivity index is 1.53. The molecule has 2 fully saturated rings. The van der Waals surface area contributed by atoms with Crippen molar-refractivity contribution >= 4 is 11.8 Å². The monoisotopic (exact) mass is 358 g/mol. The summed E-state index contributed by atoms with van der Waals surface area (Å²) < 4.78 is 5.17. The molecular formula is C19H26N4O3. The molecular weight excluding hydrogens is 332 g/mol. The number of hydrogen-bond donors (Lipinski definition) is 1. The van der Waals surface area contributed by atoms with Gasteiger partial charge >= 0.3 is 0 Å². The second kappa shape index (κ2) is 7.92. The van der Waals surface area contributed by atoms with Gasteiger partial charge in [0.15, 0.2) is 5.76 Å². The van der Waals surface area contributed by atoms with Crippen LogP contribution in [0.5, 0.6) is 0 Å². The molecule has 0 aromatic carbocycles. The van der Waals surface area contributed by atoms with Crippen molar-refractivity contribution in [2.24, 2.45) is 0 Å². The zero-order chi connectivity index (χ0) is 18.6. The number of carbonyl (C=O) groups is 2. The summed E-state index contributed by atoms with van der Waals surface area (Å²) >= 11 is 0. The summed E-state index contributed by atoms with van der Waals surface area (Å²) in [4.78, 5) is 28.8. The number of rotatable bonds is 4. The molecule has 7 nitrogen and oxygen atoms in total. The maximum Gasteiger partial charge on any atom is 0.289 e. The van der Waals surface area contributed by atoms with E-state index in [-0.39, 0.29) is 17.9 Å². The topological polar surface area (TPSA) is 89.6 Å². The van der Waals surface area contributed by atoms with E-state index in [1.807, 2.05) is 6.92 Å². The molecule has 0 unspecified atom stereocenters. The standard InChI is InChI=1S/C19H26N4O3/c1-15(17(24)21-19(14-20)7-3-2-4-8-19)22-9-11-23(12-10-22)18(25)16-6-5-13-26-16/h5-6,13,15H,2-4,7-12H2,1H3,(H,21,24)/t15-/m1/s1. The molecule has 1 atom stereocenters. The molecule has 3 rings (SSSR count). The Hall–Kier alpha value is -2.33. The van der Waals surface area contributed by atoms with Gasteiger partial charge in [-0.3, -0.25) is 14.5 Å². The third kappa shape index (κ3) is 3.91. The number of piperazine rings is 1. The fraction of sp³-hybridized carbons (Fsp3) is 0.632. The van der Waals surface area contributed by atoms with E-state index in [9.17, 15) is 14.9 Å². The first kappa shape index (κ1) is 18.5. The smallest absolute Gasteiger partial charge is 0.289 e. The Labute approximate surface area is 153 Å². The normalized spacial score (nSPS) is 21.6. The highest BCUT2D eigenvalue weighted by Gasteiger charge is 2.36. The Kier molecular flexibility index (Phi) is 5.62. The molecule has 7 heteroatoms. The SMILES string of the molecule is C[C@H](C(=O)NC1(C#N)CCCCC1)N1CCN(C(=O)c2ccco2)CC1. The Morgan fingerprint density at radius 3 is 2.50 bits per heavy atom. The van der Waals surface area contributed by atoms with E-state index in [1.54, 1.807) is 17.0 Å². The van der Waals surface area contributed by atoms with Crippen LogP contribution in [0.4, 0.5) is 0 Å². The highest BCUT2D eigenvalue weighted by molar-refractivity contribution is 5.91. The molecule has 140 valence electrons. The van der Waals surface area contributed by atoms with E-state index in [1.165, 1.54) is 6.26 Å². The predicted molar refractivity (Wildman–Crippen MR) is 95.2 cm³/mol. The van der Waals surface area contributed by atoms with Crippen LogP contribution in [-0.2, 0) is 4.79 Å². The second-order valence-electron chi connectivity index (χ2n) is 7.23. The van der Waals surface area contributed by atoms with Gasteiger partial charge in [0.05, 0.1) is 18.4 Å². The van der Waals surface area contributed by atoms with Crippen molar-refractivity contribution < 1.29 is 14.0 Å². The van der Waals surface area contributed by atoms with Crippen LogP contribution in [0, 0.1) is 11.3 Å². The molecule has 0 radical (unpaired) electrons. The van der Waals surface area contributed by atoms with Gasteiger partial charge in [-0.1, -0.05) is 19.3 Å². The van der Waals surface area contributed by atoms with Crippen molar-refractivity contribution in [3.05, 3.63) is 24.2 Å². The van der Waals surface area contributed by atoms with E-state index >= 15 is 0 Å².